The molecule has 0 aliphatic heterocycles. The van der Waals surface area contributed by atoms with Crippen LogP contribution in [0.1, 0.15) is 27.7 Å². The first kappa shape index (κ1) is 17.2. The van der Waals surface area contributed by atoms with Crippen molar-refractivity contribution in [3.8, 4) is 0 Å². The Morgan fingerprint density at radius 3 is 1.50 bits per heavy atom. The van der Waals surface area contributed by atoms with Gasteiger partial charge in [0, 0.05) is 0 Å². The Morgan fingerprint density at radius 2 is 1.42 bits per heavy atom. The van der Waals surface area contributed by atoms with Crippen LogP contribution in [-0.2, 0) is 0 Å². The van der Waals surface area contributed by atoms with E-state index < -0.39 is 0 Å². The van der Waals surface area contributed by atoms with Crippen LogP contribution < -0.4 is 0 Å². The van der Waals surface area contributed by atoms with Gasteiger partial charge in [0.1, 0.15) is 0 Å². The van der Waals surface area contributed by atoms with E-state index in [0.29, 0.717) is 0 Å². The second-order valence-corrected chi connectivity index (χ2v) is 1.76. The maximum absolute atomic E-state index is 3.56. The highest BCUT2D eigenvalue weighted by molar-refractivity contribution is 5.17. The Labute approximate surface area is 78.0 Å². The third kappa shape index (κ3) is 36.2. The SMILES string of the molecule is C=C/C=C(/C)C=C.C=CC.CC. The zero-order valence-corrected chi connectivity index (χ0v) is 8.93. The fourth-order valence-electron chi connectivity index (χ4n) is 0.254. The normalized spacial score (nSPS) is 7.83. The molecule has 0 saturated carbocycles. The predicted molar refractivity (Wildman–Crippen MR) is 61.4 cm³/mol. The first-order chi connectivity index (χ1) is 5.72. The van der Waals surface area contributed by atoms with E-state index in [-0.39, 0.29) is 0 Å². The van der Waals surface area contributed by atoms with E-state index in [2.05, 4.69) is 19.7 Å². The molecule has 0 aliphatic rings. The average molecular weight is 166 g/mol. The monoisotopic (exact) mass is 166 g/mol. The van der Waals surface area contributed by atoms with Crippen LogP contribution in [0.4, 0.5) is 0 Å². The molecular formula is C12H22. The van der Waals surface area contributed by atoms with Gasteiger partial charge in [-0.15, -0.1) is 6.58 Å². The minimum atomic E-state index is 1.15. The van der Waals surface area contributed by atoms with Crippen molar-refractivity contribution in [1.82, 2.24) is 0 Å². The molecular weight excluding hydrogens is 144 g/mol. The molecule has 0 amide bonds. The molecule has 0 heteroatoms. The van der Waals surface area contributed by atoms with Gasteiger partial charge in [0.15, 0.2) is 0 Å². The van der Waals surface area contributed by atoms with Crippen LogP contribution in [0, 0.1) is 0 Å². The molecule has 70 valence electrons. The zero-order valence-electron chi connectivity index (χ0n) is 8.93. The van der Waals surface area contributed by atoms with Gasteiger partial charge < -0.3 is 0 Å². The van der Waals surface area contributed by atoms with E-state index in [0.717, 1.165) is 5.57 Å². The summed E-state index contributed by atoms with van der Waals surface area (Å²) in [6.45, 7) is 18.3. The maximum atomic E-state index is 3.56. The summed E-state index contributed by atoms with van der Waals surface area (Å²) in [7, 11) is 0. The molecule has 0 aromatic carbocycles. The molecule has 0 unspecified atom stereocenters. The molecule has 0 heterocycles. The summed E-state index contributed by atoms with van der Waals surface area (Å²) in [6.07, 6.45) is 7.20. The van der Waals surface area contributed by atoms with Crippen molar-refractivity contribution in [2.24, 2.45) is 0 Å². The van der Waals surface area contributed by atoms with Gasteiger partial charge in [-0.25, -0.2) is 0 Å². The predicted octanol–water partition coefficient (Wildman–Crippen LogP) is 4.52. The number of allylic oxidation sites excluding steroid dienone is 5. The Kier molecular flexibility index (Phi) is 32.2. The lowest BCUT2D eigenvalue weighted by Gasteiger charge is -1.80. The molecule has 0 bridgehead atoms. The standard InChI is InChI=1S/C7H10.C3H6.C2H6/c1-4-6-7(3)5-2;1-3-2;1-2/h4-6H,1-2H2,3H3;3H,1H2,2H3;1-2H3/b7-6-;;. The van der Waals surface area contributed by atoms with Gasteiger partial charge in [-0.05, 0) is 13.8 Å². The Bertz CT molecular complexity index is 127. The fraction of sp³-hybridized carbons (Fsp3) is 0.333. The summed E-state index contributed by atoms with van der Waals surface area (Å²) >= 11 is 0. The Hall–Kier alpha value is -1.04. The van der Waals surface area contributed by atoms with E-state index in [1.807, 2.05) is 33.8 Å². The van der Waals surface area contributed by atoms with Gasteiger partial charge in [-0.3, -0.25) is 0 Å². The molecule has 0 spiro atoms. The van der Waals surface area contributed by atoms with E-state index in [1.165, 1.54) is 0 Å². The zero-order chi connectivity index (χ0) is 10.4. The topological polar surface area (TPSA) is 0 Å². The molecule has 12 heavy (non-hydrogen) atoms. The first-order valence-electron chi connectivity index (χ1n) is 4.21. The van der Waals surface area contributed by atoms with Crippen LogP contribution >= 0.6 is 0 Å². The van der Waals surface area contributed by atoms with E-state index in [9.17, 15) is 0 Å². The maximum Gasteiger partial charge on any atom is -0.0398 e. The summed E-state index contributed by atoms with van der Waals surface area (Å²) in [5.41, 5.74) is 1.15. The fourth-order valence-corrected chi connectivity index (χ4v) is 0.254. The highest BCUT2D eigenvalue weighted by Gasteiger charge is 1.68. The van der Waals surface area contributed by atoms with Gasteiger partial charge in [0.05, 0.1) is 0 Å². The van der Waals surface area contributed by atoms with Gasteiger partial charge in [-0.1, -0.05) is 56.9 Å². The third-order valence-corrected chi connectivity index (χ3v) is 0.703. The van der Waals surface area contributed by atoms with Crippen LogP contribution in [0.2, 0.25) is 0 Å². The van der Waals surface area contributed by atoms with Crippen molar-refractivity contribution in [2.75, 3.05) is 0 Å². The van der Waals surface area contributed by atoms with Gasteiger partial charge in [0.25, 0.3) is 0 Å². The average Bonchev–Trinajstić information content (AvgIpc) is 2.10. The lowest BCUT2D eigenvalue weighted by Crippen LogP contribution is -1.58. The lowest BCUT2D eigenvalue weighted by molar-refractivity contribution is 1.50. The largest absolute Gasteiger partial charge is 0.103 e. The number of rotatable bonds is 2. The molecule has 0 saturated heterocycles. The lowest BCUT2D eigenvalue weighted by atomic mass is 10.3. The Balaban J connectivity index is -0.000000137. The summed E-state index contributed by atoms with van der Waals surface area (Å²) in [6, 6.07) is 0. The second-order valence-electron chi connectivity index (χ2n) is 1.76. The van der Waals surface area contributed by atoms with E-state index >= 15 is 0 Å². The molecule has 0 radical (unpaired) electrons. The molecule has 0 nitrogen and oxygen atoms in total. The number of hydrogen-bond acceptors (Lipinski definition) is 0. The summed E-state index contributed by atoms with van der Waals surface area (Å²) in [4.78, 5) is 0. The van der Waals surface area contributed by atoms with Crippen molar-refractivity contribution in [3.05, 3.63) is 49.6 Å². The second kappa shape index (κ2) is 22.5. The van der Waals surface area contributed by atoms with Crippen LogP contribution in [0.15, 0.2) is 49.6 Å². The highest BCUT2D eigenvalue weighted by atomic mass is 13.8. The van der Waals surface area contributed by atoms with Crippen LogP contribution in [-0.4, -0.2) is 0 Å². The molecule has 0 atom stereocenters. The minimum Gasteiger partial charge on any atom is -0.103 e. The van der Waals surface area contributed by atoms with Gasteiger partial charge in [-0.2, -0.15) is 0 Å². The first-order valence-corrected chi connectivity index (χ1v) is 4.21. The molecule has 0 aliphatic carbocycles. The van der Waals surface area contributed by atoms with Crippen LogP contribution in [0.5, 0.6) is 0 Å². The third-order valence-electron chi connectivity index (χ3n) is 0.703. The van der Waals surface area contributed by atoms with E-state index in [1.54, 1.807) is 18.2 Å². The minimum absolute atomic E-state index is 1.15. The van der Waals surface area contributed by atoms with Gasteiger partial charge in [0.2, 0.25) is 0 Å². The van der Waals surface area contributed by atoms with E-state index in [4.69, 9.17) is 0 Å². The summed E-state index contributed by atoms with van der Waals surface area (Å²) < 4.78 is 0. The van der Waals surface area contributed by atoms with Gasteiger partial charge >= 0.3 is 0 Å². The number of hydrogen-bond donors (Lipinski definition) is 0. The molecule has 0 rings (SSSR count). The van der Waals surface area contributed by atoms with Crippen molar-refractivity contribution >= 4 is 0 Å². The Morgan fingerprint density at radius 1 is 1.08 bits per heavy atom. The van der Waals surface area contributed by atoms with Crippen molar-refractivity contribution in [1.29, 1.82) is 0 Å². The smallest absolute Gasteiger partial charge is 0.0398 e. The van der Waals surface area contributed by atoms with Crippen LogP contribution in [0.25, 0.3) is 0 Å². The van der Waals surface area contributed by atoms with Crippen molar-refractivity contribution in [2.45, 2.75) is 27.7 Å². The van der Waals surface area contributed by atoms with Crippen molar-refractivity contribution in [3.63, 3.8) is 0 Å². The summed E-state index contributed by atoms with van der Waals surface area (Å²) in [5, 5.41) is 0. The quantitative estimate of drug-likeness (QED) is 0.418. The molecule has 0 aromatic heterocycles. The molecule has 0 N–H and O–H groups in total. The highest BCUT2D eigenvalue weighted by Crippen LogP contribution is 1.90. The molecule has 0 aromatic rings. The van der Waals surface area contributed by atoms with Crippen LogP contribution in [0.3, 0.4) is 0 Å². The van der Waals surface area contributed by atoms with Crippen molar-refractivity contribution < 1.29 is 0 Å². The molecule has 0 fully saturated rings. The summed E-state index contributed by atoms with van der Waals surface area (Å²) in [5.74, 6) is 0.